The van der Waals surface area contributed by atoms with E-state index in [0.717, 1.165) is 5.56 Å². The molecule has 1 aromatic carbocycles. The minimum atomic E-state index is -0.421. The van der Waals surface area contributed by atoms with E-state index < -0.39 is 5.91 Å². The number of hydrogen-bond donors (Lipinski definition) is 2. The summed E-state index contributed by atoms with van der Waals surface area (Å²) in [4.78, 5) is 15.0. The zero-order chi connectivity index (χ0) is 13.0. The first-order valence-electron chi connectivity index (χ1n) is 5.05. The third-order valence-electron chi connectivity index (χ3n) is 2.11. The van der Waals surface area contributed by atoms with Gasteiger partial charge in [-0.2, -0.15) is 0 Å². The van der Waals surface area contributed by atoms with Gasteiger partial charge in [0.25, 0.3) is 5.91 Å². The molecule has 0 aliphatic rings. The number of aromatic nitrogens is 3. The molecule has 0 radical (unpaired) electrons. The highest BCUT2D eigenvalue weighted by Crippen LogP contribution is 2.18. The summed E-state index contributed by atoms with van der Waals surface area (Å²) < 4.78 is 1.41. The van der Waals surface area contributed by atoms with E-state index in [1.807, 2.05) is 17.6 Å². The monoisotopic (exact) mass is 263 g/mol. The molecule has 92 valence electrons. The van der Waals surface area contributed by atoms with Crippen LogP contribution in [0.25, 0.3) is 17.6 Å². The molecule has 0 saturated carbocycles. The van der Waals surface area contributed by atoms with Crippen LogP contribution in [-0.2, 0) is 4.79 Å². The van der Waals surface area contributed by atoms with Gasteiger partial charge in [0.15, 0.2) is 5.82 Å². The van der Waals surface area contributed by atoms with Crippen molar-refractivity contribution in [2.24, 2.45) is 5.84 Å². The van der Waals surface area contributed by atoms with Crippen molar-refractivity contribution in [2.75, 3.05) is 0 Å². The smallest absolute Gasteiger partial charge is 0.259 e. The van der Waals surface area contributed by atoms with Crippen molar-refractivity contribution in [1.29, 1.82) is 0 Å². The fraction of sp³-hybridized carbons (Fsp3) is 0. The van der Waals surface area contributed by atoms with E-state index in [1.165, 1.54) is 23.3 Å². The number of hydrogen-bond acceptors (Lipinski definition) is 4. The van der Waals surface area contributed by atoms with E-state index in [-0.39, 0.29) is 0 Å². The van der Waals surface area contributed by atoms with Crippen molar-refractivity contribution in [1.82, 2.24) is 20.2 Å². The Morgan fingerprint density at radius 1 is 1.50 bits per heavy atom. The third kappa shape index (κ3) is 2.93. The van der Waals surface area contributed by atoms with Gasteiger partial charge in [-0.1, -0.05) is 23.7 Å². The molecule has 18 heavy (non-hydrogen) atoms. The van der Waals surface area contributed by atoms with E-state index in [0.29, 0.717) is 10.8 Å². The van der Waals surface area contributed by atoms with E-state index in [9.17, 15) is 4.79 Å². The molecule has 1 heterocycles. The molecule has 7 heteroatoms. The molecule has 0 bridgehead atoms. The van der Waals surface area contributed by atoms with E-state index in [4.69, 9.17) is 17.4 Å². The first kappa shape index (κ1) is 12.3. The van der Waals surface area contributed by atoms with Gasteiger partial charge in [-0.15, -0.1) is 5.10 Å². The molecule has 1 aromatic heterocycles. The van der Waals surface area contributed by atoms with Crippen LogP contribution in [0.1, 0.15) is 0 Å². The van der Waals surface area contributed by atoms with Gasteiger partial charge >= 0.3 is 0 Å². The standard InChI is InChI=1S/C11H10ClN5O/c12-9-3-1-2-8(6-9)11-14-7-17(16-11)5-4-10(18)15-13/h1-7H,13H2,(H,15,18). The largest absolute Gasteiger partial charge is 0.291 e. The molecule has 3 N–H and O–H groups in total. The van der Waals surface area contributed by atoms with E-state index in [1.54, 1.807) is 12.1 Å². The Kier molecular flexibility index (Phi) is 3.71. The van der Waals surface area contributed by atoms with Gasteiger partial charge in [0.05, 0.1) is 0 Å². The lowest BCUT2D eigenvalue weighted by atomic mass is 10.2. The third-order valence-corrected chi connectivity index (χ3v) is 2.35. The number of amides is 1. The maximum absolute atomic E-state index is 10.9. The molecule has 2 rings (SSSR count). The quantitative estimate of drug-likeness (QED) is 0.375. The van der Waals surface area contributed by atoms with Crippen LogP contribution in [0.3, 0.4) is 0 Å². The van der Waals surface area contributed by atoms with Crippen molar-refractivity contribution < 1.29 is 4.79 Å². The van der Waals surface area contributed by atoms with Crippen LogP contribution in [0.2, 0.25) is 5.02 Å². The van der Waals surface area contributed by atoms with Gasteiger partial charge in [-0.25, -0.2) is 15.5 Å². The number of nitrogens with zero attached hydrogens (tertiary/aromatic N) is 3. The summed E-state index contributed by atoms with van der Waals surface area (Å²) in [5.74, 6) is 5.04. The van der Waals surface area contributed by atoms with Crippen LogP contribution in [0.15, 0.2) is 36.7 Å². The number of benzene rings is 1. The first-order chi connectivity index (χ1) is 8.69. The highest BCUT2D eigenvalue weighted by molar-refractivity contribution is 6.30. The second kappa shape index (κ2) is 5.44. The summed E-state index contributed by atoms with van der Waals surface area (Å²) in [5.41, 5.74) is 2.78. The Hall–Kier alpha value is -2.18. The fourth-order valence-electron chi connectivity index (χ4n) is 1.30. The van der Waals surface area contributed by atoms with Crippen molar-refractivity contribution >= 4 is 23.7 Å². The minimum absolute atomic E-state index is 0.421. The summed E-state index contributed by atoms with van der Waals surface area (Å²) in [6.07, 6.45) is 4.18. The molecule has 0 saturated heterocycles. The van der Waals surface area contributed by atoms with Crippen LogP contribution >= 0.6 is 11.6 Å². The normalized spacial score (nSPS) is 10.8. The summed E-state index contributed by atoms with van der Waals surface area (Å²) in [6.45, 7) is 0. The molecule has 2 aromatic rings. The zero-order valence-corrected chi connectivity index (χ0v) is 10.0. The summed E-state index contributed by atoms with van der Waals surface area (Å²) in [7, 11) is 0. The van der Waals surface area contributed by atoms with Gasteiger partial charge in [-0.3, -0.25) is 10.2 Å². The average molecular weight is 264 g/mol. The average Bonchev–Trinajstić information content (AvgIpc) is 2.84. The molecule has 0 spiro atoms. The number of nitrogens with one attached hydrogen (secondary N) is 1. The Morgan fingerprint density at radius 3 is 3.06 bits per heavy atom. The lowest BCUT2D eigenvalue weighted by Gasteiger charge is -1.95. The van der Waals surface area contributed by atoms with E-state index in [2.05, 4.69) is 10.1 Å². The van der Waals surface area contributed by atoms with Gasteiger partial charge in [0, 0.05) is 22.9 Å². The fourth-order valence-corrected chi connectivity index (χ4v) is 1.49. The second-order valence-electron chi connectivity index (χ2n) is 3.38. The van der Waals surface area contributed by atoms with Crippen LogP contribution in [-0.4, -0.2) is 20.7 Å². The molecule has 0 unspecified atom stereocenters. The highest BCUT2D eigenvalue weighted by Gasteiger charge is 2.03. The molecular formula is C11H10ClN5O. The molecule has 0 aliphatic carbocycles. The number of carbonyl (C=O) groups excluding carboxylic acids is 1. The van der Waals surface area contributed by atoms with Crippen molar-refractivity contribution in [3.05, 3.63) is 41.7 Å². The van der Waals surface area contributed by atoms with Crippen molar-refractivity contribution in [3.63, 3.8) is 0 Å². The molecule has 0 fully saturated rings. The van der Waals surface area contributed by atoms with E-state index >= 15 is 0 Å². The van der Waals surface area contributed by atoms with Crippen LogP contribution in [0, 0.1) is 0 Å². The topological polar surface area (TPSA) is 85.8 Å². The Labute approximate surface area is 108 Å². The lowest BCUT2D eigenvalue weighted by Crippen LogP contribution is -2.28. The number of carbonyl (C=O) groups is 1. The molecule has 0 aliphatic heterocycles. The molecular weight excluding hydrogens is 254 g/mol. The van der Waals surface area contributed by atoms with Gasteiger partial charge in [0.2, 0.25) is 0 Å². The predicted molar refractivity (Wildman–Crippen MR) is 68.1 cm³/mol. The number of nitrogens with two attached hydrogens (primary N) is 1. The SMILES string of the molecule is NNC(=O)C=Cn1cnc(-c2cccc(Cl)c2)n1. The summed E-state index contributed by atoms with van der Waals surface area (Å²) in [5, 5.41) is 4.78. The molecule has 0 atom stereocenters. The Morgan fingerprint density at radius 2 is 2.33 bits per heavy atom. The maximum atomic E-state index is 10.9. The van der Waals surface area contributed by atoms with Gasteiger partial charge in [-0.05, 0) is 12.1 Å². The highest BCUT2D eigenvalue weighted by atomic mass is 35.5. The number of rotatable bonds is 3. The van der Waals surface area contributed by atoms with Gasteiger partial charge in [0.1, 0.15) is 6.33 Å². The van der Waals surface area contributed by atoms with Gasteiger partial charge < -0.3 is 0 Å². The van der Waals surface area contributed by atoms with Crippen LogP contribution in [0.4, 0.5) is 0 Å². The molecule has 1 amide bonds. The Balaban J connectivity index is 2.20. The maximum Gasteiger partial charge on any atom is 0.259 e. The van der Waals surface area contributed by atoms with Crippen LogP contribution < -0.4 is 11.3 Å². The Bertz CT molecular complexity index is 593. The van der Waals surface area contributed by atoms with Crippen LogP contribution in [0.5, 0.6) is 0 Å². The number of hydrazine groups is 1. The zero-order valence-electron chi connectivity index (χ0n) is 9.25. The van der Waals surface area contributed by atoms with Crippen molar-refractivity contribution in [2.45, 2.75) is 0 Å². The minimum Gasteiger partial charge on any atom is -0.291 e. The molecule has 6 nitrogen and oxygen atoms in total. The summed E-state index contributed by atoms with van der Waals surface area (Å²) >= 11 is 5.88. The lowest BCUT2D eigenvalue weighted by molar-refractivity contribution is -0.116. The summed E-state index contributed by atoms with van der Waals surface area (Å²) in [6, 6.07) is 7.20. The van der Waals surface area contributed by atoms with Crippen molar-refractivity contribution in [3.8, 4) is 11.4 Å². The second-order valence-corrected chi connectivity index (χ2v) is 3.82. The predicted octanol–water partition coefficient (Wildman–Crippen LogP) is 1.06. The first-order valence-corrected chi connectivity index (χ1v) is 5.42. The number of halogens is 1.